The van der Waals surface area contributed by atoms with Gasteiger partial charge in [0, 0.05) is 6.54 Å². The molecule has 1 atom stereocenters. The molecule has 0 bridgehead atoms. The Morgan fingerprint density at radius 2 is 2.07 bits per heavy atom. The quantitative estimate of drug-likeness (QED) is 0.680. The van der Waals surface area contributed by atoms with Gasteiger partial charge < -0.3 is 4.74 Å². The summed E-state index contributed by atoms with van der Waals surface area (Å²) in [6, 6.07) is 5.38. The van der Waals surface area contributed by atoms with Crippen molar-refractivity contribution in [3.63, 3.8) is 0 Å². The van der Waals surface area contributed by atoms with E-state index in [1.54, 1.807) is 12.1 Å². The van der Waals surface area contributed by atoms with Gasteiger partial charge in [-0.25, -0.2) is 9.18 Å². The van der Waals surface area contributed by atoms with E-state index in [1.165, 1.54) is 12.1 Å². The van der Waals surface area contributed by atoms with E-state index in [2.05, 4.69) is 5.32 Å². The molecule has 1 fully saturated rings. The van der Waals surface area contributed by atoms with Gasteiger partial charge in [0.15, 0.2) is 0 Å². The largest absolute Gasteiger partial charge is 0.463 e. The van der Waals surface area contributed by atoms with Gasteiger partial charge in [-0.05, 0) is 17.7 Å². The lowest BCUT2D eigenvalue weighted by Crippen LogP contribution is -2.38. The highest BCUT2D eigenvalue weighted by molar-refractivity contribution is 5.78. The van der Waals surface area contributed by atoms with Gasteiger partial charge >= 0.3 is 5.97 Å². The molecule has 1 unspecified atom stereocenters. The van der Waals surface area contributed by atoms with Crippen LogP contribution in [0.25, 0.3) is 0 Å². The maximum atomic E-state index is 12.6. The second-order valence-electron chi connectivity index (χ2n) is 3.11. The van der Waals surface area contributed by atoms with Crippen LogP contribution >= 0.6 is 0 Å². The molecular weight excluding hydrogens is 185 g/mol. The first-order valence-corrected chi connectivity index (χ1v) is 4.43. The first-order valence-electron chi connectivity index (χ1n) is 4.43. The molecule has 1 saturated heterocycles. The number of ether oxygens (including phenoxy) is 1. The number of hydrogen-bond donors (Lipinski definition) is 1. The van der Waals surface area contributed by atoms with Gasteiger partial charge in [0.05, 0.1) is 0 Å². The van der Waals surface area contributed by atoms with Crippen molar-refractivity contribution in [1.29, 1.82) is 0 Å². The van der Waals surface area contributed by atoms with Crippen molar-refractivity contribution in [2.24, 2.45) is 0 Å². The third kappa shape index (κ3) is 1.75. The summed E-state index contributed by atoms with van der Waals surface area (Å²) >= 11 is 0. The molecule has 0 spiro atoms. The molecule has 0 aromatic heterocycles. The topological polar surface area (TPSA) is 38.3 Å². The minimum atomic E-state index is -0.454. The normalized spacial score (nSPS) is 21.8. The molecule has 0 aliphatic carbocycles. The molecule has 2 rings (SSSR count). The van der Waals surface area contributed by atoms with E-state index < -0.39 is 6.04 Å². The zero-order valence-corrected chi connectivity index (χ0v) is 7.50. The number of benzene rings is 1. The molecule has 1 aromatic rings. The number of cyclic esters (lactones) is 1. The molecule has 3 nitrogen and oxygen atoms in total. The Labute approximate surface area is 80.9 Å². The maximum Gasteiger partial charge on any atom is 0.327 e. The Kier molecular flexibility index (Phi) is 2.45. The number of halogens is 1. The van der Waals surface area contributed by atoms with Crippen LogP contribution < -0.4 is 5.32 Å². The molecule has 1 aliphatic rings. The fourth-order valence-corrected chi connectivity index (χ4v) is 1.43. The molecule has 4 heteroatoms. The zero-order chi connectivity index (χ0) is 9.97. The summed E-state index contributed by atoms with van der Waals surface area (Å²) in [4.78, 5) is 11.3. The minimum absolute atomic E-state index is 0.303. The number of rotatable bonds is 1. The van der Waals surface area contributed by atoms with Gasteiger partial charge in [-0.2, -0.15) is 0 Å². The molecule has 0 saturated carbocycles. The molecule has 0 amide bonds. The van der Waals surface area contributed by atoms with Gasteiger partial charge in [0.1, 0.15) is 18.5 Å². The van der Waals surface area contributed by atoms with Gasteiger partial charge in [0.25, 0.3) is 0 Å². The standard InChI is InChI=1S/C10H10FNO2/c11-8-3-1-7(2-4-8)9-10(13)14-6-5-12-9/h1-4,9,12H,5-6H2. The first kappa shape index (κ1) is 9.15. The fraction of sp³-hybridized carbons (Fsp3) is 0.300. The molecule has 1 heterocycles. The van der Waals surface area contributed by atoms with Crippen LogP contribution in [0, 0.1) is 5.82 Å². The molecule has 1 N–H and O–H groups in total. The van der Waals surface area contributed by atoms with E-state index in [-0.39, 0.29) is 11.8 Å². The Morgan fingerprint density at radius 3 is 2.71 bits per heavy atom. The summed E-state index contributed by atoms with van der Waals surface area (Å²) in [5.41, 5.74) is 0.733. The molecule has 74 valence electrons. The van der Waals surface area contributed by atoms with Crippen molar-refractivity contribution in [3.8, 4) is 0 Å². The smallest absolute Gasteiger partial charge is 0.327 e. The highest BCUT2D eigenvalue weighted by atomic mass is 19.1. The summed E-state index contributed by atoms with van der Waals surface area (Å²) < 4.78 is 17.5. The lowest BCUT2D eigenvalue weighted by molar-refractivity contribution is -0.149. The zero-order valence-electron chi connectivity index (χ0n) is 7.50. The molecule has 14 heavy (non-hydrogen) atoms. The molecular formula is C10H10FNO2. The number of nitrogens with one attached hydrogen (secondary N) is 1. The number of esters is 1. The predicted molar refractivity (Wildman–Crippen MR) is 48.1 cm³/mol. The first-order chi connectivity index (χ1) is 6.77. The summed E-state index contributed by atoms with van der Waals surface area (Å²) in [5, 5.41) is 3.01. The SMILES string of the molecule is O=C1OCCNC1c1ccc(F)cc1. The number of morpholine rings is 1. The van der Waals surface area contributed by atoms with Crippen molar-refractivity contribution in [3.05, 3.63) is 35.6 Å². The Bertz CT molecular complexity index is 336. The average Bonchev–Trinajstić information content (AvgIpc) is 2.20. The summed E-state index contributed by atoms with van der Waals surface area (Å²) in [5.74, 6) is -0.610. The van der Waals surface area contributed by atoms with E-state index in [9.17, 15) is 9.18 Å². The number of carbonyl (C=O) groups excluding carboxylic acids is 1. The van der Waals surface area contributed by atoms with Crippen LogP contribution in [-0.4, -0.2) is 19.1 Å². The maximum absolute atomic E-state index is 12.6. The lowest BCUT2D eigenvalue weighted by atomic mass is 10.1. The molecule has 0 radical (unpaired) electrons. The van der Waals surface area contributed by atoms with E-state index in [0.717, 1.165) is 5.56 Å². The summed E-state index contributed by atoms with van der Waals surface area (Å²) in [6.07, 6.45) is 0. The van der Waals surface area contributed by atoms with Gasteiger partial charge in [-0.15, -0.1) is 0 Å². The van der Waals surface area contributed by atoms with Crippen LogP contribution in [-0.2, 0) is 9.53 Å². The van der Waals surface area contributed by atoms with Gasteiger partial charge in [-0.3, -0.25) is 5.32 Å². The lowest BCUT2D eigenvalue weighted by Gasteiger charge is -2.22. The summed E-state index contributed by atoms with van der Waals surface area (Å²) in [7, 11) is 0. The van der Waals surface area contributed by atoms with Crippen molar-refractivity contribution in [2.45, 2.75) is 6.04 Å². The second kappa shape index (κ2) is 3.75. The monoisotopic (exact) mass is 195 g/mol. The Morgan fingerprint density at radius 1 is 1.36 bits per heavy atom. The number of hydrogen-bond acceptors (Lipinski definition) is 3. The second-order valence-corrected chi connectivity index (χ2v) is 3.11. The Balaban J connectivity index is 2.20. The van der Waals surface area contributed by atoms with Crippen molar-refractivity contribution in [1.82, 2.24) is 5.32 Å². The highest BCUT2D eigenvalue weighted by Crippen LogP contribution is 2.17. The molecule has 1 aliphatic heterocycles. The highest BCUT2D eigenvalue weighted by Gasteiger charge is 2.24. The van der Waals surface area contributed by atoms with E-state index in [4.69, 9.17) is 4.74 Å². The summed E-state index contributed by atoms with van der Waals surface area (Å²) in [6.45, 7) is 1.03. The van der Waals surface area contributed by atoms with Gasteiger partial charge in [-0.1, -0.05) is 12.1 Å². The third-order valence-electron chi connectivity index (χ3n) is 2.13. The van der Waals surface area contributed by atoms with E-state index in [0.29, 0.717) is 13.2 Å². The van der Waals surface area contributed by atoms with Crippen LogP contribution in [0.5, 0.6) is 0 Å². The minimum Gasteiger partial charge on any atom is -0.463 e. The van der Waals surface area contributed by atoms with Crippen molar-refractivity contribution in [2.75, 3.05) is 13.2 Å². The van der Waals surface area contributed by atoms with Gasteiger partial charge in [0.2, 0.25) is 0 Å². The fourth-order valence-electron chi connectivity index (χ4n) is 1.43. The number of carbonyl (C=O) groups is 1. The molecule has 1 aromatic carbocycles. The Hall–Kier alpha value is -1.42. The van der Waals surface area contributed by atoms with Crippen LogP contribution in [0.1, 0.15) is 11.6 Å². The van der Waals surface area contributed by atoms with Crippen LogP contribution in [0.4, 0.5) is 4.39 Å². The van der Waals surface area contributed by atoms with Crippen molar-refractivity contribution >= 4 is 5.97 Å². The van der Waals surface area contributed by atoms with E-state index >= 15 is 0 Å². The van der Waals surface area contributed by atoms with Crippen molar-refractivity contribution < 1.29 is 13.9 Å². The third-order valence-corrected chi connectivity index (χ3v) is 2.13. The van der Waals surface area contributed by atoms with Crippen LogP contribution in [0.2, 0.25) is 0 Å². The van der Waals surface area contributed by atoms with Crippen LogP contribution in [0.3, 0.4) is 0 Å². The van der Waals surface area contributed by atoms with E-state index in [1.807, 2.05) is 0 Å². The van der Waals surface area contributed by atoms with Crippen LogP contribution in [0.15, 0.2) is 24.3 Å². The average molecular weight is 195 g/mol. The predicted octanol–water partition coefficient (Wildman–Crippen LogP) is 1.01.